The number of carbonyl (C=O) groups is 1. The molecule has 2 rings (SSSR count). The minimum Gasteiger partial charge on any atom is -0.468 e. The highest BCUT2D eigenvalue weighted by Crippen LogP contribution is 2.44. The second kappa shape index (κ2) is 4.94. The Labute approximate surface area is 107 Å². The van der Waals surface area contributed by atoms with Gasteiger partial charge in [0.25, 0.3) is 0 Å². The highest BCUT2D eigenvalue weighted by Gasteiger charge is 2.48. The molecule has 0 saturated heterocycles. The molecule has 0 spiro atoms. The Kier molecular flexibility index (Phi) is 3.53. The lowest BCUT2D eigenvalue weighted by Gasteiger charge is -2.26. The number of methoxy groups -OCH3 is 1. The highest BCUT2D eigenvalue weighted by molar-refractivity contribution is 5.83. The third-order valence-electron chi connectivity index (χ3n) is 3.77. The predicted octanol–water partition coefficient (Wildman–Crippen LogP) is 2.40. The average molecular weight is 246 g/mol. The Bertz CT molecular complexity index is 464. The largest absolute Gasteiger partial charge is 0.468 e. The number of aliphatic hydroxyl groups excluding tert-OH is 1. The summed E-state index contributed by atoms with van der Waals surface area (Å²) in [5.74, 6) is -0.366. The fraction of sp³-hybridized carbons (Fsp3) is 0.400. The maximum Gasteiger partial charge on any atom is 0.318 e. The van der Waals surface area contributed by atoms with Gasteiger partial charge in [0.1, 0.15) is 5.41 Å². The number of rotatable bonds is 2. The predicted molar refractivity (Wildman–Crippen MR) is 69.8 cm³/mol. The van der Waals surface area contributed by atoms with Crippen molar-refractivity contribution in [2.75, 3.05) is 7.11 Å². The number of esters is 1. The SMILES string of the molecule is COC(=O)[C@]1(C)/C(=C/c2ccccc2)CCC1O. The van der Waals surface area contributed by atoms with Crippen molar-refractivity contribution in [3.63, 3.8) is 0 Å². The van der Waals surface area contributed by atoms with Crippen LogP contribution in [-0.4, -0.2) is 24.3 Å². The molecule has 1 saturated carbocycles. The Morgan fingerprint density at radius 2 is 2.11 bits per heavy atom. The fourth-order valence-corrected chi connectivity index (χ4v) is 2.51. The van der Waals surface area contributed by atoms with E-state index in [9.17, 15) is 9.90 Å². The third kappa shape index (κ3) is 2.06. The van der Waals surface area contributed by atoms with Gasteiger partial charge in [-0.15, -0.1) is 0 Å². The van der Waals surface area contributed by atoms with Gasteiger partial charge in [-0.05, 0) is 25.3 Å². The van der Waals surface area contributed by atoms with Crippen LogP contribution in [0.15, 0.2) is 35.9 Å². The fourth-order valence-electron chi connectivity index (χ4n) is 2.51. The van der Waals surface area contributed by atoms with Gasteiger partial charge in [0, 0.05) is 0 Å². The molecule has 0 heterocycles. The zero-order chi connectivity index (χ0) is 13.2. The molecule has 2 atom stereocenters. The molecule has 1 aromatic rings. The van der Waals surface area contributed by atoms with Crippen LogP contribution in [0.25, 0.3) is 6.08 Å². The van der Waals surface area contributed by atoms with Crippen LogP contribution in [0.2, 0.25) is 0 Å². The van der Waals surface area contributed by atoms with E-state index < -0.39 is 11.5 Å². The van der Waals surface area contributed by atoms with Crippen molar-refractivity contribution in [2.24, 2.45) is 5.41 Å². The monoisotopic (exact) mass is 246 g/mol. The number of hydrogen-bond acceptors (Lipinski definition) is 3. The topological polar surface area (TPSA) is 46.5 Å². The van der Waals surface area contributed by atoms with E-state index in [1.54, 1.807) is 6.92 Å². The van der Waals surface area contributed by atoms with Crippen molar-refractivity contribution in [3.8, 4) is 0 Å². The summed E-state index contributed by atoms with van der Waals surface area (Å²) in [6.45, 7) is 1.76. The summed E-state index contributed by atoms with van der Waals surface area (Å²) in [4.78, 5) is 11.9. The van der Waals surface area contributed by atoms with Crippen molar-refractivity contribution in [2.45, 2.75) is 25.9 Å². The number of ether oxygens (including phenoxy) is 1. The number of hydrogen-bond donors (Lipinski definition) is 1. The van der Waals surface area contributed by atoms with Crippen LogP contribution >= 0.6 is 0 Å². The zero-order valence-electron chi connectivity index (χ0n) is 10.7. The first-order chi connectivity index (χ1) is 8.59. The van der Waals surface area contributed by atoms with Crippen LogP contribution in [0.3, 0.4) is 0 Å². The van der Waals surface area contributed by atoms with Crippen LogP contribution in [-0.2, 0) is 9.53 Å². The summed E-state index contributed by atoms with van der Waals surface area (Å²) in [7, 11) is 1.36. The van der Waals surface area contributed by atoms with Crippen molar-refractivity contribution in [3.05, 3.63) is 41.5 Å². The maximum atomic E-state index is 11.9. The first-order valence-electron chi connectivity index (χ1n) is 6.11. The Morgan fingerprint density at radius 3 is 2.72 bits per heavy atom. The van der Waals surface area contributed by atoms with Gasteiger partial charge < -0.3 is 9.84 Å². The number of aliphatic hydroxyl groups is 1. The van der Waals surface area contributed by atoms with Gasteiger partial charge in [0.15, 0.2) is 0 Å². The summed E-state index contributed by atoms with van der Waals surface area (Å²) in [5.41, 5.74) is 1.06. The van der Waals surface area contributed by atoms with Gasteiger partial charge in [-0.1, -0.05) is 42.0 Å². The van der Waals surface area contributed by atoms with Gasteiger partial charge in [-0.25, -0.2) is 0 Å². The number of benzene rings is 1. The number of carbonyl (C=O) groups excluding carboxylic acids is 1. The van der Waals surface area contributed by atoms with Gasteiger partial charge >= 0.3 is 5.97 Å². The third-order valence-corrected chi connectivity index (χ3v) is 3.77. The smallest absolute Gasteiger partial charge is 0.318 e. The van der Waals surface area contributed by atoms with Crippen molar-refractivity contribution in [1.82, 2.24) is 0 Å². The molecule has 1 aromatic carbocycles. The molecule has 1 fully saturated rings. The molecule has 0 bridgehead atoms. The molecule has 1 aliphatic carbocycles. The van der Waals surface area contributed by atoms with E-state index >= 15 is 0 Å². The van der Waals surface area contributed by atoms with Crippen molar-refractivity contribution < 1.29 is 14.6 Å². The molecule has 0 aliphatic heterocycles. The second-order valence-electron chi connectivity index (χ2n) is 4.83. The van der Waals surface area contributed by atoms with E-state index in [2.05, 4.69) is 0 Å². The van der Waals surface area contributed by atoms with Gasteiger partial charge in [-0.3, -0.25) is 4.79 Å². The van der Waals surface area contributed by atoms with Crippen LogP contribution in [0, 0.1) is 5.41 Å². The summed E-state index contributed by atoms with van der Waals surface area (Å²) in [5, 5.41) is 10.1. The molecule has 3 nitrogen and oxygen atoms in total. The lowest BCUT2D eigenvalue weighted by atomic mass is 9.82. The zero-order valence-corrected chi connectivity index (χ0v) is 10.7. The Balaban J connectivity index is 2.38. The standard InChI is InChI=1S/C15H18O3/c1-15(14(17)18-2)12(8-9-13(15)16)10-11-6-4-3-5-7-11/h3-7,10,13,16H,8-9H2,1-2H3/b12-10+/t13?,15-/m1/s1. The average Bonchev–Trinajstić information content (AvgIpc) is 2.68. The quantitative estimate of drug-likeness (QED) is 0.815. The lowest BCUT2D eigenvalue weighted by Crippen LogP contribution is -2.37. The molecule has 1 unspecified atom stereocenters. The maximum absolute atomic E-state index is 11.9. The Hall–Kier alpha value is -1.61. The molecule has 1 aliphatic rings. The van der Waals surface area contributed by atoms with E-state index in [0.717, 1.165) is 17.6 Å². The Morgan fingerprint density at radius 1 is 1.44 bits per heavy atom. The molecule has 1 N–H and O–H groups in total. The first-order valence-corrected chi connectivity index (χ1v) is 6.11. The van der Waals surface area contributed by atoms with Crippen LogP contribution in [0.5, 0.6) is 0 Å². The minimum atomic E-state index is -0.912. The summed E-state index contributed by atoms with van der Waals surface area (Å²) < 4.78 is 4.84. The van der Waals surface area contributed by atoms with E-state index in [4.69, 9.17) is 4.74 Å². The van der Waals surface area contributed by atoms with Crippen molar-refractivity contribution >= 4 is 12.0 Å². The minimum absolute atomic E-state index is 0.366. The summed E-state index contributed by atoms with van der Waals surface area (Å²) in [6.07, 6.45) is 2.64. The van der Waals surface area contributed by atoms with E-state index in [-0.39, 0.29) is 5.97 Å². The van der Waals surface area contributed by atoms with Crippen LogP contribution in [0.1, 0.15) is 25.3 Å². The van der Waals surface area contributed by atoms with Gasteiger partial charge in [0.05, 0.1) is 13.2 Å². The second-order valence-corrected chi connectivity index (χ2v) is 4.83. The summed E-state index contributed by atoms with van der Waals surface area (Å²) >= 11 is 0. The van der Waals surface area contributed by atoms with Crippen LogP contribution in [0.4, 0.5) is 0 Å². The van der Waals surface area contributed by atoms with E-state index in [0.29, 0.717) is 6.42 Å². The van der Waals surface area contributed by atoms with E-state index in [1.807, 2.05) is 36.4 Å². The molecular formula is C15H18O3. The molecule has 96 valence electrons. The van der Waals surface area contributed by atoms with Gasteiger partial charge in [0.2, 0.25) is 0 Å². The summed E-state index contributed by atoms with van der Waals surface area (Å²) in [6, 6.07) is 9.82. The molecular weight excluding hydrogens is 228 g/mol. The van der Waals surface area contributed by atoms with Gasteiger partial charge in [-0.2, -0.15) is 0 Å². The molecule has 0 aromatic heterocycles. The molecule has 0 amide bonds. The highest BCUT2D eigenvalue weighted by atomic mass is 16.5. The first kappa shape index (κ1) is 12.8. The lowest BCUT2D eigenvalue weighted by molar-refractivity contribution is -0.153. The molecule has 18 heavy (non-hydrogen) atoms. The van der Waals surface area contributed by atoms with Crippen LogP contribution < -0.4 is 0 Å². The molecule has 0 radical (unpaired) electrons. The normalized spacial score (nSPS) is 29.5. The molecule has 3 heteroatoms. The van der Waals surface area contributed by atoms with E-state index in [1.165, 1.54) is 7.11 Å². The van der Waals surface area contributed by atoms with Crippen molar-refractivity contribution in [1.29, 1.82) is 0 Å².